The maximum atomic E-state index is 9.41. The number of hydrogen-bond acceptors (Lipinski definition) is 4. The molecule has 1 heterocycles. The summed E-state index contributed by atoms with van der Waals surface area (Å²) in [6.07, 6.45) is 1.77. The average Bonchev–Trinajstić information content (AvgIpc) is 3.04. The summed E-state index contributed by atoms with van der Waals surface area (Å²) in [4.78, 5) is 4.56. The third-order valence-electron chi connectivity index (χ3n) is 3.18. The highest BCUT2D eigenvalue weighted by Gasteiger charge is 2.09. The van der Waals surface area contributed by atoms with Gasteiger partial charge in [-0.05, 0) is 35.9 Å². The summed E-state index contributed by atoms with van der Waals surface area (Å²) in [7, 11) is 0. The molecule has 1 aromatic heterocycles. The van der Waals surface area contributed by atoms with E-state index in [1.165, 1.54) is 11.3 Å². The lowest BCUT2D eigenvalue weighted by Gasteiger charge is -1.98. The van der Waals surface area contributed by atoms with Crippen LogP contribution in [-0.2, 0) is 0 Å². The second kappa shape index (κ2) is 6.78. The third kappa shape index (κ3) is 3.67. The molecule has 0 fully saturated rings. The lowest BCUT2D eigenvalue weighted by Crippen LogP contribution is -1.83. The number of phenols is 1. The summed E-state index contributed by atoms with van der Waals surface area (Å²) in [5, 5.41) is 21.3. The zero-order valence-electron chi connectivity index (χ0n) is 11.9. The first-order valence-electron chi connectivity index (χ1n) is 6.78. The van der Waals surface area contributed by atoms with E-state index >= 15 is 0 Å². The molecule has 0 bridgehead atoms. The smallest absolute Gasteiger partial charge is 0.134 e. The number of allylic oxidation sites excluding steroid dienone is 1. The molecule has 0 saturated carbocycles. The summed E-state index contributed by atoms with van der Waals surface area (Å²) in [6, 6.07) is 16.8. The van der Waals surface area contributed by atoms with Crippen molar-refractivity contribution >= 4 is 38.9 Å². The van der Waals surface area contributed by atoms with E-state index in [2.05, 4.69) is 27.0 Å². The molecule has 23 heavy (non-hydrogen) atoms. The number of halogens is 1. The Balaban J connectivity index is 1.94. The van der Waals surface area contributed by atoms with Crippen LogP contribution < -0.4 is 0 Å². The number of thiazole rings is 1. The van der Waals surface area contributed by atoms with Gasteiger partial charge in [-0.2, -0.15) is 5.26 Å². The zero-order valence-corrected chi connectivity index (χ0v) is 14.3. The maximum Gasteiger partial charge on any atom is 0.134 e. The van der Waals surface area contributed by atoms with Crippen LogP contribution in [0.25, 0.3) is 22.9 Å². The number of aromatic hydroxyl groups is 1. The Morgan fingerprint density at radius 3 is 2.70 bits per heavy atom. The zero-order chi connectivity index (χ0) is 16.2. The van der Waals surface area contributed by atoms with Crippen molar-refractivity contribution in [2.24, 2.45) is 0 Å². The molecule has 0 amide bonds. The number of nitrogens with zero attached hydrogens (tertiary/aromatic N) is 2. The van der Waals surface area contributed by atoms with Crippen LogP contribution in [0, 0.1) is 11.3 Å². The predicted octanol–water partition coefficient (Wildman–Crippen LogP) is 5.34. The first-order valence-corrected chi connectivity index (χ1v) is 8.45. The molecule has 3 nitrogen and oxygen atoms in total. The molecule has 0 atom stereocenters. The molecule has 0 spiro atoms. The Hall–Kier alpha value is -2.42. The molecule has 0 aliphatic rings. The first-order chi connectivity index (χ1) is 11.2. The minimum atomic E-state index is 0.201. The topological polar surface area (TPSA) is 56.9 Å². The van der Waals surface area contributed by atoms with Gasteiger partial charge in [-0.1, -0.05) is 40.2 Å². The van der Waals surface area contributed by atoms with Crippen LogP contribution in [0.2, 0.25) is 0 Å². The lowest BCUT2D eigenvalue weighted by atomic mass is 10.1. The van der Waals surface area contributed by atoms with Crippen molar-refractivity contribution in [3.63, 3.8) is 0 Å². The summed E-state index contributed by atoms with van der Waals surface area (Å²) >= 11 is 4.89. The molecule has 0 aliphatic carbocycles. The van der Waals surface area contributed by atoms with Gasteiger partial charge in [0.15, 0.2) is 0 Å². The summed E-state index contributed by atoms with van der Waals surface area (Å²) in [6.45, 7) is 0. The Morgan fingerprint density at radius 2 is 2.00 bits per heavy atom. The van der Waals surface area contributed by atoms with Crippen LogP contribution >= 0.6 is 27.3 Å². The summed E-state index contributed by atoms with van der Waals surface area (Å²) < 4.78 is 0.990. The Labute approximate surface area is 146 Å². The molecule has 0 radical (unpaired) electrons. The summed E-state index contributed by atoms with van der Waals surface area (Å²) in [5.41, 5.74) is 3.20. The van der Waals surface area contributed by atoms with Crippen molar-refractivity contribution in [2.75, 3.05) is 0 Å². The normalized spacial score (nSPS) is 11.2. The minimum Gasteiger partial charge on any atom is -0.508 e. The Bertz CT molecular complexity index is 907. The van der Waals surface area contributed by atoms with E-state index < -0.39 is 0 Å². The monoisotopic (exact) mass is 382 g/mol. The predicted molar refractivity (Wildman–Crippen MR) is 96.8 cm³/mol. The number of aromatic nitrogens is 1. The van der Waals surface area contributed by atoms with E-state index in [-0.39, 0.29) is 5.75 Å². The molecule has 2 aromatic carbocycles. The van der Waals surface area contributed by atoms with E-state index in [0.717, 1.165) is 21.3 Å². The van der Waals surface area contributed by atoms with Gasteiger partial charge in [-0.3, -0.25) is 0 Å². The Kier molecular flexibility index (Phi) is 4.56. The second-order valence-corrected chi connectivity index (χ2v) is 6.58. The van der Waals surface area contributed by atoms with Gasteiger partial charge < -0.3 is 5.11 Å². The SMILES string of the molecule is N#C/C(=C/c1ccc(O)cc1)c1nc(-c2cccc(Br)c2)cs1. The molecule has 0 unspecified atom stereocenters. The minimum absolute atomic E-state index is 0.201. The van der Waals surface area contributed by atoms with Gasteiger partial charge >= 0.3 is 0 Å². The first kappa shape index (κ1) is 15.5. The Morgan fingerprint density at radius 1 is 1.22 bits per heavy atom. The van der Waals surface area contributed by atoms with E-state index in [1.54, 1.807) is 30.3 Å². The van der Waals surface area contributed by atoms with E-state index in [0.29, 0.717) is 10.6 Å². The van der Waals surface area contributed by atoms with Gasteiger partial charge in [-0.15, -0.1) is 11.3 Å². The molecule has 0 aliphatic heterocycles. The largest absolute Gasteiger partial charge is 0.508 e. The van der Waals surface area contributed by atoms with Crippen LogP contribution in [0.3, 0.4) is 0 Å². The van der Waals surface area contributed by atoms with Crippen LogP contribution in [-0.4, -0.2) is 10.1 Å². The molecule has 5 heteroatoms. The standard InChI is InChI=1S/C18H11BrN2OS/c19-15-3-1-2-13(9-15)17-11-23-18(21-17)14(10-20)8-12-4-6-16(22)7-5-12/h1-9,11,22H/b14-8-. The molecule has 112 valence electrons. The lowest BCUT2D eigenvalue weighted by molar-refractivity contribution is 0.475. The van der Waals surface area contributed by atoms with Gasteiger partial charge in [0.05, 0.1) is 11.3 Å². The van der Waals surface area contributed by atoms with Crippen LogP contribution in [0.4, 0.5) is 0 Å². The van der Waals surface area contributed by atoms with Crippen molar-refractivity contribution in [1.29, 1.82) is 5.26 Å². The molecular formula is C18H11BrN2OS. The van der Waals surface area contributed by atoms with Crippen LogP contribution in [0.5, 0.6) is 5.75 Å². The molecule has 3 aromatic rings. The van der Waals surface area contributed by atoms with Crippen molar-refractivity contribution in [3.8, 4) is 23.1 Å². The maximum absolute atomic E-state index is 9.41. The quantitative estimate of drug-likeness (QED) is 0.621. The van der Waals surface area contributed by atoms with Crippen LogP contribution in [0.15, 0.2) is 58.4 Å². The number of hydrogen-bond donors (Lipinski definition) is 1. The summed E-state index contributed by atoms with van der Waals surface area (Å²) in [5.74, 6) is 0.201. The van der Waals surface area contributed by atoms with Crippen molar-refractivity contribution in [2.45, 2.75) is 0 Å². The fourth-order valence-corrected chi connectivity index (χ4v) is 3.25. The fraction of sp³-hybridized carbons (Fsp3) is 0. The molecular weight excluding hydrogens is 372 g/mol. The molecule has 1 N–H and O–H groups in total. The van der Waals surface area contributed by atoms with Crippen molar-refractivity contribution in [1.82, 2.24) is 4.98 Å². The van der Waals surface area contributed by atoms with Gasteiger partial charge in [0, 0.05) is 15.4 Å². The number of rotatable bonds is 3. The highest BCUT2D eigenvalue weighted by Crippen LogP contribution is 2.28. The highest BCUT2D eigenvalue weighted by atomic mass is 79.9. The molecule has 3 rings (SSSR count). The van der Waals surface area contributed by atoms with Gasteiger partial charge in [0.2, 0.25) is 0 Å². The van der Waals surface area contributed by atoms with Gasteiger partial charge in [-0.25, -0.2) is 4.98 Å². The van der Waals surface area contributed by atoms with E-state index in [9.17, 15) is 10.4 Å². The van der Waals surface area contributed by atoms with Gasteiger partial charge in [0.25, 0.3) is 0 Å². The van der Waals surface area contributed by atoms with Crippen molar-refractivity contribution in [3.05, 3.63) is 69.0 Å². The molecule has 0 saturated heterocycles. The second-order valence-electron chi connectivity index (χ2n) is 4.81. The average molecular weight is 383 g/mol. The fourth-order valence-electron chi connectivity index (χ4n) is 2.06. The van der Waals surface area contributed by atoms with E-state index in [4.69, 9.17) is 0 Å². The van der Waals surface area contributed by atoms with Crippen LogP contribution in [0.1, 0.15) is 10.6 Å². The number of phenolic OH excluding ortho intramolecular Hbond substituents is 1. The number of nitriles is 1. The van der Waals surface area contributed by atoms with Gasteiger partial charge in [0.1, 0.15) is 16.8 Å². The number of benzene rings is 2. The highest BCUT2D eigenvalue weighted by molar-refractivity contribution is 9.10. The van der Waals surface area contributed by atoms with E-state index in [1.807, 2.05) is 29.6 Å². The van der Waals surface area contributed by atoms with Crippen molar-refractivity contribution < 1.29 is 5.11 Å². The third-order valence-corrected chi connectivity index (χ3v) is 4.55.